The zero-order chi connectivity index (χ0) is 30.6. The van der Waals surface area contributed by atoms with Crippen LogP contribution in [0.3, 0.4) is 0 Å². The molecule has 1 N–H and O–H groups in total. The maximum atomic E-state index is 7.07. The Labute approximate surface area is 266 Å². The van der Waals surface area contributed by atoms with Crippen LogP contribution in [0.2, 0.25) is 5.02 Å². The van der Waals surface area contributed by atoms with Crippen molar-refractivity contribution in [2.45, 2.75) is 67.0 Å². The first kappa shape index (κ1) is 29.7. The summed E-state index contributed by atoms with van der Waals surface area (Å²) in [6.07, 6.45) is 3.12. The van der Waals surface area contributed by atoms with Gasteiger partial charge in [-0.1, -0.05) is 49.2 Å². The van der Waals surface area contributed by atoms with E-state index in [-0.39, 0.29) is 12.1 Å². The van der Waals surface area contributed by atoms with Crippen LogP contribution in [0.15, 0.2) is 60.8 Å². The van der Waals surface area contributed by atoms with Crippen molar-refractivity contribution in [2.24, 2.45) is 11.8 Å². The number of aryl methyl sites for hydroxylation is 4. The van der Waals surface area contributed by atoms with Gasteiger partial charge >= 0.3 is 0 Å². The molecule has 0 aliphatic carbocycles. The number of hydrogen-bond donors (Lipinski definition) is 1. The number of nitrogens with one attached hydrogen (secondary N) is 1. The fourth-order valence-electron chi connectivity index (χ4n) is 7.67. The lowest BCUT2D eigenvalue weighted by Crippen LogP contribution is -2.38. The van der Waals surface area contributed by atoms with Crippen LogP contribution in [-0.4, -0.2) is 27.8 Å². The summed E-state index contributed by atoms with van der Waals surface area (Å²) in [5.74, 6) is 1.30. The summed E-state index contributed by atoms with van der Waals surface area (Å²) in [5.41, 5.74) is 11.7. The van der Waals surface area contributed by atoms with Crippen molar-refractivity contribution >= 4 is 40.3 Å². The summed E-state index contributed by atoms with van der Waals surface area (Å²) in [6.45, 7) is 17.7. The fraction of sp³-hybridized carbons (Fsp3) is 0.389. The summed E-state index contributed by atoms with van der Waals surface area (Å²) >= 11 is 13.1. The van der Waals surface area contributed by atoms with E-state index in [1.807, 2.05) is 18.3 Å². The molecule has 2 aliphatic heterocycles. The monoisotopic (exact) mass is 611 g/mol. The summed E-state index contributed by atoms with van der Waals surface area (Å²) in [6, 6.07) is 19.2. The van der Waals surface area contributed by atoms with Gasteiger partial charge in [0, 0.05) is 36.4 Å². The molecule has 4 heterocycles. The van der Waals surface area contributed by atoms with Crippen molar-refractivity contribution < 1.29 is 0 Å². The number of thiocarbonyl (C=S) groups is 1. The topological polar surface area (TPSA) is 36.3 Å². The molecule has 4 atom stereocenters. The van der Waals surface area contributed by atoms with E-state index in [4.69, 9.17) is 28.8 Å². The van der Waals surface area contributed by atoms with E-state index in [2.05, 4.69) is 111 Å². The highest BCUT2D eigenvalue weighted by Crippen LogP contribution is 2.45. The van der Waals surface area contributed by atoms with Gasteiger partial charge in [0.1, 0.15) is 0 Å². The maximum Gasteiger partial charge on any atom is 0.174 e. The molecule has 2 saturated heterocycles. The van der Waals surface area contributed by atoms with Gasteiger partial charge in [-0.2, -0.15) is 0 Å². The van der Waals surface area contributed by atoms with Crippen LogP contribution in [0.1, 0.15) is 71.7 Å². The maximum absolute atomic E-state index is 7.07. The predicted octanol–water partition coefficient (Wildman–Crippen LogP) is 8.73. The smallest absolute Gasteiger partial charge is 0.174 e. The molecule has 0 unspecified atom stereocenters. The number of halogens is 1. The highest BCUT2D eigenvalue weighted by molar-refractivity contribution is 7.80. The third-order valence-electron chi connectivity index (χ3n) is 9.17. The number of anilines is 2. The Kier molecular flexibility index (Phi) is 8.03. The van der Waals surface area contributed by atoms with Gasteiger partial charge in [0.15, 0.2) is 5.11 Å². The number of nitrogens with zero attached hydrogens (tertiary/aromatic N) is 4. The Morgan fingerprint density at radius 3 is 2.23 bits per heavy atom. The molecule has 5 nitrogen and oxygen atoms in total. The lowest BCUT2D eigenvalue weighted by molar-refractivity contribution is 0.357. The number of rotatable bonds is 5. The van der Waals surface area contributed by atoms with Crippen LogP contribution in [0.4, 0.5) is 11.4 Å². The lowest BCUT2D eigenvalue weighted by Gasteiger charge is -2.37. The highest BCUT2D eigenvalue weighted by atomic mass is 35.5. The van der Waals surface area contributed by atoms with Crippen molar-refractivity contribution in [3.05, 3.63) is 105 Å². The summed E-state index contributed by atoms with van der Waals surface area (Å²) in [7, 11) is 0. The molecular weight excluding hydrogens is 570 g/mol. The van der Waals surface area contributed by atoms with Crippen LogP contribution in [0.25, 0.3) is 5.69 Å². The molecule has 6 rings (SSSR count). The minimum atomic E-state index is -0.120. The normalized spacial score (nSPS) is 22.3. The van der Waals surface area contributed by atoms with Gasteiger partial charge in [-0.05, 0) is 118 Å². The molecule has 43 heavy (non-hydrogen) atoms. The van der Waals surface area contributed by atoms with Crippen molar-refractivity contribution in [1.29, 1.82) is 0 Å². The van der Waals surface area contributed by atoms with E-state index in [1.54, 1.807) is 0 Å². The number of aromatic nitrogens is 2. The molecule has 0 bridgehead atoms. The zero-order valence-corrected chi connectivity index (χ0v) is 27.9. The quantitative estimate of drug-likeness (QED) is 0.228. The van der Waals surface area contributed by atoms with Gasteiger partial charge in [-0.15, -0.1) is 0 Å². The first-order valence-electron chi connectivity index (χ1n) is 15.4. The van der Waals surface area contributed by atoms with Crippen molar-refractivity contribution in [2.75, 3.05) is 22.9 Å². The second-order valence-corrected chi connectivity index (χ2v) is 13.7. The molecule has 0 saturated carbocycles. The number of benzene rings is 2. The third kappa shape index (κ3) is 5.44. The second-order valence-electron chi connectivity index (χ2n) is 12.9. The first-order valence-corrected chi connectivity index (χ1v) is 16.1. The lowest BCUT2D eigenvalue weighted by atomic mass is 9.91. The standard InChI is InChI=1S/C36H42ClN5S/c1-21-15-24(4)34(25(5)16-21)41-26(6)17-29(27(41)7)35-33(31-10-8-9-13-38-31)39-36(43)42(35)28-11-12-32(30(37)18-28)40-19-22(2)14-23(3)20-40/h8-13,15-18,22-23,33,35H,14,19-20H2,1-7H3,(H,39,43)/t22-,23-,33+,35-/m1/s1. The summed E-state index contributed by atoms with van der Waals surface area (Å²) in [5, 5.41) is 5.07. The predicted molar refractivity (Wildman–Crippen MR) is 184 cm³/mol. The molecule has 4 aromatic rings. The van der Waals surface area contributed by atoms with Gasteiger partial charge in [0.2, 0.25) is 0 Å². The summed E-state index contributed by atoms with van der Waals surface area (Å²) in [4.78, 5) is 9.46. The number of pyridine rings is 1. The van der Waals surface area contributed by atoms with Gasteiger partial charge in [0.05, 0.1) is 34.2 Å². The van der Waals surface area contributed by atoms with Crippen molar-refractivity contribution in [3.8, 4) is 5.69 Å². The average Bonchev–Trinajstić information content (AvgIpc) is 3.43. The van der Waals surface area contributed by atoms with E-state index in [0.29, 0.717) is 16.9 Å². The second kappa shape index (κ2) is 11.6. The number of piperidine rings is 1. The Bertz CT molecular complexity index is 1650. The van der Waals surface area contributed by atoms with Crippen LogP contribution in [0.5, 0.6) is 0 Å². The molecule has 0 spiro atoms. The summed E-state index contributed by atoms with van der Waals surface area (Å²) < 4.78 is 2.41. The largest absolute Gasteiger partial charge is 0.370 e. The van der Waals surface area contributed by atoms with Crippen LogP contribution >= 0.6 is 23.8 Å². The Morgan fingerprint density at radius 2 is 1.60 bits per heavy atom. The van der Waals surface area contributed by atoms with Crippen LogP contribution in [-0.2, 0) is 0 Å². The van der Waals surface area contributed by atoms with Crippen LogP contribution in [0, 0.1) is 46.5 Å². The van der Waals surface area contributed by atoms with E-state index in [9.17, 15) is 0 Å². The van der Waals surface area contributed by atoms with Crippen molar-refractivity contribution in [1.82, 2.24) is 14.9 Å². The molecule has 0 amide bonds. The zero-order valence-electron chi connectivity index (χ0n) is 26.3. The minimum absolute atomic E-state index is 0.106. The highest BCUT2D eigenvalue weighted by Gasteiger charge is 2.42. The Hall–Kier alpha value is -3.35. The van der Waals surface area contributed by atoms with E-state index in [1.165, 1.54) is 45.7 Å². The van der Waals surface area contributed by atoms with Gasteiger partial charge in [-0.3, -0.25) is 4.98 Å². The SMILES string of the molecule is Cc1cc(C)c(-n2c(C)cc([C@@H]3[C@H](c4ccccn4)NC(=S)N3c3ccc(N4C[C@H](C)C[C@@H](C)C4)c(Cl)c3)c2C)c(C)c1. The number of hydrogen-bond acceptors (Lipinski definition) is 3. The molecule has 2 aliphatic rings. The molecule has 0 radical (unpaired) electrons. The van der Waals surface area contributed by atoms with Crippen molar-refractivity contribution in [3.63, 3.8) is 0 Å². The molecule has 2 aromatic heterocycles. The van der Waals surface area contributed by atoms with E-state index < -0.39 is 0 Å². The minimum Gasteiger partial charge on any atom is -0.370 e. The Morgan fingerprint density at radius 1 is 0.907 bits per heavy atom. The van der Waals surface area contributed by atoms with E-state index >= 15 is 0 Å². The van der Waals surface area contributed by atoms with Gasteiger partial charge < -0.3 is 19.7 Å². The molecule has 224 valence electrons. The molecule has 2 aromatic carbocycles. The first-order chi connectivity index (χ1) is 20.5. The fourth-order valence-corrected chi connectivity index (χ4v) is 8.31. The van der Waals surface area contributed by atoms with E-state index in [0.717, 1.165) is 35.2 Å². The molecule has 7 heteroatoms. The van der Waals surface area contributed by atoms with Gasteiger partial charge in [0.25, 0.3) is 0 Å². The third-order valence-corrected chi connectivity index (χ3v) is 9.78. The Balaban J connectivity index is 1.46. The average molecular weight is 612 g/mol. The molecule has 2 fully saturated rings. The molecular formula is C36H42ClN5S. The van der Waals surface area contributed by atoms with Gasteiger partial charge in [-0.25, -0.2) is 0 Å². The van der Waals surface area contributed by atoms with Crippen LogP contribution < -0.4 is 15.1 Å².